The normalized spacial score (nSPS) is 15.3. The minimum absolute atomic E-state index is 0.0372. The van der Waals surface area contributed by atoms with E-state index in [1.165, 1.54) is 0 Å². The van der Waals surface area contributed by atoms with Crippen LogP contribution in [-0.2, 0) is 0 Å². The molecule has 1 aliphatic rings. The van der Waals surface area contributed by atoms with E-state index in [2.05, 4.69) is 21.2 Å². The molecule has 0 unspecified atom stereocenters. The second kappa shape index (κ2) is 7.81. The fraction of sp³-hybridized carbons (Fsp3) is 0.316. The maximum atomic E-state index is 12.9. The van der Waals surface area contributed by atoms with Gasteiger partial charge in [-0.05, 0) is 50.2 Å². The Balaban J connectivity index is 1.77. The lowest BCUT2D eigenvalue weighted by Crippen LogP contribution is -2.44. The van der Waals surface area contributed by atoms with E-state index in [0.717, 1.165) is 30.4 Å². The highest BCUT2D eigenvalue weighted by Gasteiger charge is 2.24. The largest absolute Gasteiger partial charge is 0.456 e. The van der Waals surface area contributed by atoms with Crippen LogP contribution >= 0.6 is 15.9 Å². The van der Waals surface area contributed by atoms with Gasteiger partial charge >= 0.3 is 0 Å². The van der Waals surface area contributed by atoms with Gasteiger partial charge in [0.05, 0.1) is 5.56 Å². The third kappa shape index (κ3) is 3.97. The Morgan fingerprint density at radius 3 is 2.62 bits per heavy atom. The predicted molar refractivity (Wildman–Crippen MR) is 98.6 cm³/mol. The van der Waals surface area contributed by atoms with Crippen LogP contribution in [0.15, 0.2) is 53.0 Å². The first-order valence-electron chi connectivity index (χ1n) is 8.16. The third-order valence-electron chi connectivity index (χ3n) is 4.33. The summed E-state index contributed by atoms with van der Waals surface area (Å²) < 4.78 is 6.90. The van der Waals surface area contributed by atoms with Crippen molar-refractivity contribution in [3.8, 4) is 11.5 Å². The van der Waals surface area contributed by atoms with E-state index in [0.29, 0.717) is 23.1 Å². The average molecular weight is 389 g/mol. The number of carbonyl (C=O) groups excluding carboxylic acids is 1. The van der Waals surface area contributed by atoms with Crippen molar-refractivity contribution in [1.29, 1.82) is 0 Å². The lowest BCUT2D eigenvalue weighted by molar-refractivity contribution is 0.0705. The summed E-state index contributed by atoms with van der Waals surface area (Å²) in [5.74, 6) is 1.34. The van der Waals surface area contributed by atoms with Gasteiger partial charge in [0.25, 0.3) is 5.91 Å². The van der Waals surface area contributed by atoms with E-state index >= 15 is 0 Å². The lowest BCUT2D eigenvalue weighted by atomic mass is 10.0. The minimum Gasteiger partial charge on any atom is -0.456 e. The molecule has 0 aromatic heterocycles. The summed E-state index contributed by atoms with van der Waals surface area (Å²) >= 11 is 3.44. The molecular formula is C19H21BrN2O2. The molecule has 1 heterocycles. The number of amides is 1. The van der Waals surface area contributed by atoms with Crippen LogP contribution in [-0.4, -0.2) is 37.0 Å². The van der Waals surface area contributed by atoms with Crippen LogP contribution in [0, 0.1) is 0 Å². The number of likely N-dealkylation sites (tertiary alicyclic amines) is 1. The highest BCUT2D eigenvalue weighted by molar-refractivity contribution is 9.10. The van der Waals surface area contributed by atoms with Gasteiger partial charge < -0.3 is 15.0 Å². The standard InChI is InChI=1S/C19H21BrN2O2/c1-21-15-9-11-22(12-10-15)19(23)17-7-2-3-8-18(17)24-16-6-4-5-14(20)13-16/h2-8,13,15,21H,9-12H2,1H3. The van der Waals surface area contributed by atoms with E-state index < -0.39 is 0 Å². The summed E-state index contributed by atoms with van der Waals surface area (Å²) in [5.41, 5.74) is 0.611. The van der Waals surface area contributed by atoms with Crippen LogP contribution in [0.2, 0.25) is 0 Å². The summed E-state index contributed by atoms with van der Waals surface area (Å²) in [7, 11) is 1.98. The van der Waals surface area contributed by atoms with Crippen LogP contribution < -0.4 is 10.1 Å². The van der Waals surface area contributed by atoms with Gasteiger partial charge in [-0.1, -0.05) is 34.1 Å². The molecule has 1 amide bonds. The lowest BCUT2D eigenvalue weighted by Gasteiger charge is -2.32. The Kier molecular flexibility index (Phi) is 5.53. The molecule has 0 saturated carbocycles. The Morgan fingerprint density at radius 2 is 1.92 bits per heavy atom. The first kappa shape index (κ1) is 17.0. The molecule has 2 aromatic carbocycles. The number of halogens is 1. The SMILES string of the molecule is CNC1CCN(C(=O)c2ccccc2Oc2cccc(Br)c2)CC1. The zero-order valence-electron chi connectivity index (χ0n) is 13.7. The van der Waals surface area contributed by atoms with E-state index in [-0.39, 0.29) is 5.91 Å². The molecular weight excluding hydrogens is 368 g/mol. The Labute approximate surface area is 150 Å². The number of hydrogen-bond acceptors (Lipinski definition) is 3. The Hall–Kier alpha value is -1.85. The molecule has 0 atom stereocenters. The zero-order valence-corrected chi connectivity index (χ0v) is 15.3. The van der Waals surface area contributed by atoms with Gasteiger partial charge in [0, 0.05) is 23.6 Å². The van der Waals surface area contributed by atoms with E-state index in [9.17, 15) is 4.79 Å². The maximum absolute atomic E-state index is 12.9. The topological polar surface area (TPSA) is 41.6 Å². The summed E-state index contributed by atoms with van der Waals surface area (Å²) in [4.78, 5) is 14.8. The van der Waals surface area contributed by atoms with Crippen molar-refractivity contribution in [1.82, 2.24) is 10.2 Å². The molecule has 2 aromatic rings. The number of nitrogens with one attached hydrogen (secondary N) is 1. The summed E-state index contributed by atoms with van der Waals surface area (Å²) in [6.45, 7) is 1.55. The number of hydrogen-bond donors (Lipinski definition) is 1. The van der Waals surface area contributed by atoms with Crippen molar-refractivity contribution < 1.29 is 9.53 Å². The smallest absolute Gasteiger partial charge is 0.257 e. The number of nitrogens with zero attached hydrogens (tertiary/aromatic N) is 1. The van der Waals surface area contributed by atoms with Crippen molar-refractivity contribution in [3.63, 3.8) is 0 Å². The molecule has 1 aliphatic heterocycles. The van der Waals surface area contributed by atoms with Crippen molar-refractivity contribution in [3.05, 3.63) is 58.6 Å². The van der Waals surface area contributed by atoms with Gasteiger partial charge in [0.1, 0.15) is 11.5 Å². The molecule has 24 heavy (non-hydrogen) atoms. The Morgan fingerprint density at radius 1 is 1.17 bits per heavy atom. The van der Waals surface area contributed by atoms with Crippen molar-refractivity contribution in [2.24, 2.45) is 0 Å². The maximum Gasteiger partial charge on any atom is 0.257 e. The molecule has 0 radical (unpaired) electrons. The van der Waals surface area contributed by atoms with E-state index in [1.54, 1.807) is 0 Å². The highest BCUT2D eigenvalue weighted by atomic mass is 79.9. The average Bonchev–Trinajstić information content (AvgIpc) is 2.62. The number of ether oxygens (including phenoxy) is 1. The molecule has 5 heteroatoms. The fourth-order valence-electron chi connectivity index (χ4n) is 2.93. The number of piperidine rings is 1. The van der Waals surface area contributed by atoms with Gasteiger partial charge in [-0.25, -0.2) is 0 Å². The van der Waals surface area contributed by atoms with Crippen LogP contribution in [0.1, 0.15) is 23.2 Å². The second-order valence-electron chi connectivity index (χ2n) is 5.91. The van der Waals surface area contributed by atoms with Gasteiger partial charge in [-0.15, -0.1) is 0 Å². The summed E-state index contributed by atoms with van der Waals surface area (Å²) in [5, 5.41) is 3.29. The summed E-state index contributed by atoms with van der Waals surface area (Å²) in [6.07, 6.45) is 1.97. The van der Waals surface area contributed by atoms with E-state index in [1.807, 2.05) is 60.5 Å². The Bertz CT molecular complexity index is 712. The van der Waals surface area contributed by atoms with Crippen molar-refractivity contribution in [2.45, 2.75) is 18.9 Å². The molecule has 1 fully saturated rings. The quantitative estimate of drug-likeness (QED) is 0.858. The molecule has 1 N–H and O–H groups in total. The number of carbonyl (C=O) groups is 1. The molecule has 126 valence electrons. The third-order valence-corrected chi connectivity index (χ3v) is 4.83. The van der Waals surface area contributed by atoms with Gasteiger partial charge in [-0.2, -0.15) is 0 Å². The van der Waals surface area contributed by atoms with E-state index in [4.69, 9.17) is 4.74 Å². The molecule has 0 spiro atoms. The minimum atomic E-state index is 0.0372. The van der Waals surface area contributed by atoms with Gasteiger partial charge in [0.2, 0.25) is 0 Å². The van der Waals surface area contributed by atoms with Crippen LogP contribution in [0.5, 0.6) is 11.5 Å². The predicted octanol–water partition coefficient (Wildman–Crippen LogP) is 4.07. The van der Waals surface area contributed by atoms with Crippen molar-refractivity contribution in [2.75, 3.05) is 20.1 Å². The number of benzene rings is 2. The monoisotopic (exact) mass is 388 g/mol. The molecule has 3 rings (SSSR count). The molecule has 0 bridgehead atoms. The first-order valence-corrected chi connectivity index (χ1v) is 8.95. The summed E-state index contributed by atoms with van der Waals surface area (Å²) in [6, 6.07) is 15.6. The molecule has 0 aliphatic carbocycles. The van der Waals surface area contributed by atoms with Gasteiger partial charge in [-0.3, -0.25) is 4.79 Å². The number of rotatable bonds is 4. The molecule has 1 saturated heterocycles. The highest BCUT2D eigenvalue weighted by Crippen LogP contribution is 2.28. The van der Waals surface area contributed by atoms with Crippen LogP contribution in [0.25, 0.3) is 0 Å². The zero-order chi connectivity index (χ0) is 16.9. The fourth-order valence-corrected chi connectivity index (χ4v) is 3.31. The van der Waals surface area contributed by atoms with Gasteiger partial charge in [0.15, 0.2) is 0 Å². The van der Waals surface area contributed by atoms with Crippen molar-refractivity contribution >= 4 is 21.8 Å². The van der Waals surface area contributed by atoms with Crippen LogP contribution in [0.3, 0.4) is 0 Å². The molecule has 4 nitrogen and oxygen atoms in total. The number of para-hydroxylation sites is 1. The van der Waals surface area contributed by atoms with Crippen LogP contribution in [0.4, 0.5) is 0 Å². The second-order valence-corrected chi connectivity index (χ2v) is 6.83. The first-order chi connectivity index (χ1) is 11.7.